The van der Waals surface area contributed by atoms with E-state index in [1.807, 2.05) is 41.1 Å². The molecule has 2 aromatic heterocycles. The van der Waals surface area contributed by atoms with Crippen LogP contribution in [-0.4, -0.2) is 20.9 Å². The van der Waals surface area contributed by atoms with Gasteiger partial charge in [0.1, 0.15) is 6.54 Å². The number of hydrogen-bond donors (Lipinski definition) is 1. The van der Waals surface area contributed by atoms with E-state index in [4.69, 9.17) is 11.6 Å². The lowest BCUT2D eigenvalue weighted by Crippen LogP contribution is -2.32. The number of amides is 1. The second-order valence-corrected chi connectivity index (χ2v) is 5.93. The Kier molecular flexibility index (Phi) is 4.50. The number of halogens is 1. The molecule has 0 spiro atoms. The maximum Gasteiger partial charge on any atom is 0.242 e. The molecule has 1 N–H and O–H groups in total. The lowest BCUT2D eigenvalue weighted by molar-refractivity contribution is -0.122. The summed E-state index contributed by atoms with van der Waals surface area (Å²) in [5, 5.41) is 15.2. The fourth-order valence-corrected chi connectivity index (χ4v) is 2.94. The largest absolute Gasteiger partial charge is 0.344 e. The highest BCUT2D eigenvalue weighted by Gasteiger charge is 2.17. The van der Waals surface area contributed by atoms with Gasteiger partial charge in [-0.15, -0.1) is 5.10 Å². The summed E-state index contributed by atoms with van der Waals surface area (Å²) in [4.78, 5) is 12.2. The van der Waals surface area contributed by atoms with E-state index in [0.29, 0.717) is 5.02 Å². The van der Waals surface area contributed by atoms with Crippen molar-refractivity contribution in [3.05, 3.63) is 69.6 Å². The summed E-state index contributed by atoms with van der Waals surface area (Å²) in [5.74, 6) is -0.128. The minimum atomic E-state index is -0.209. The first-order chi connectivity index (χ1) is 10.7. The molecule has 1 aromatic carbocycles. The smallest absolute Gasteiger partial charge is 0.242 e. The summed E-state index contributed by atoms with van der Waals surface area (Å²) in [7, 11) is 0. The van der Waals surface area contributed by atoms with Gasteiger partial charge in [0.05, 0.1) is 12.2 Å². The third kappa shape index (κ3) is 3.52. The average Bonchev–Trinajstić information content (AvgIpc) is 3.19. The second-order valence-electron chi connectivity index (χ2n) is 4.71. The van der Waals surface area contributed by atoms with Gasteiger partial charge in [0.15, 0.2) is 0 Å². The minimum Gasteiger partial charge on any atom is -0.344 e. The van der Waals surface area contributed by atoms with E-state index < -0.39 is 0 Å². The zero-order valence-corrected chi connectivity index (χ0v) is 13.1. The second kappa shape index (κ2) is 6.72. The van der Waals surface area contributed by atoms with Crippen molar-refractivity contribution in [2.75, 3.05) is 0 Å². The Bertz CT molecular complexity index is 726. The van der Waals surface area contributed by atoms with Crippen molar-refractivity contribution in [2.24, 2.45) is 0 Å². The Labute approximate surface area is 136 Å². The molecule has 22 heavy (non-hydrogen) atoms. The maximum absolute atomic E-state index is 12.2. The summed E-state index contributed by atoms with van der Waals surface area (Å²) in [6, 6.07) is 9.26. The molecule has 0 saturated heterocycles. The fourth-order valence-electron chi connectivity index (χ4n) is 2.12. The monoisotopic (exact) mass is 332 g/mol. The first-order valence-electron chi connectivity index (χ1n) is 6.63. The normalized spacial score (nSPS) is 12.0. The lowest BCUT2D eigenvalue weighted by atomic mass is 10.0. The van der Waals surface area contributed by atoms with Crippen LogP contribution >= 0.6 is 22.9 Å². The first kappa shape index (κ1) is 14.7. The molecule has 7 heteroatoms. The number of thiophene rings is 1. The van der Waals surface area contributed by atoms with Crippen LogP contribution in [0.15, 0.2) is 53.5 Å². The maximum atomic E-state index is 12.2. The van der Waals surface area contributed by atoms with Crippen molar-refractivity contribution < 1.29 is 4.79 Å². The van der Waals surface area contributed by atoms with Gasteiger partial charge in [-0.2, -0.15) is 11.3 Å². The van der Waals surface area contributed by atoms with Crippen LogP contribution in [0.4, 0.5) is 0 Å². The molecule has 0 radical (unpaired) electrons. The van der Waals surface area contributed by atoms with Crippen LogP contribution < -0.4 is 5.32 Å². The first-order valence-corrected chi connectivity index (χ1v) is 7.95. The number of hydrogen-bond acceptors (Lipinski definition) is 4. The number of benzene rings is 1. The number of carbonyl (C=O) groups excluding carboxylic acids is 1. The predicted molar refractivity (Wildman–Crippen MR) is 85.8 cm³/mol. The van der Waals surface area contributed by atoms with Crippen molar-refractivity contribution in [2.45, 2.75) is 12.6 Å². The molecule has 0 aliphatic rings. The van der Waals surface area contributed by atoms with E-state index in [1.165, 1.54) is 4.68 Å². The highest BCUT2D eigenvalue weighted by Crippen LogP contribution is 2.25. The van der Waals surface area contributed by atoms with Crippen LogP contribution in [0.25, 0.3) is 0 Å². The molecular weight excluding hydrogens is 320 g/mol. The van der Waals surface area contributed by atoms with Crippen molar-refractivity contribution >= 4 is 28.8 Å². The van der Waals surface area contributed by atoms with Crippen molar-refractivity contribution in [1.29, 1.82) is 0 Å². The number of carbonyl (C=O) groups is 1. The van der Waals surface area contributed by atoms with E-state index in [1.54, 1.807) is 23.7 Å². The van der Waals surface area contributed by atoms with Crippen molar-refractivity contribution in [3.8, 4) is 0 Å². The van der Waals surface area contributed by atoms with Crippen LogP contribution in [0, 0.1) is 0 Å². The van der Waals surface area contributed by atoms with Gasteiger partial charge in [-0.25, -0.2) is 4.68 Å². The quantitative estimate of drug-likeness (QED) is 0.781. The van der Waals surface area contributed by atoms with Crippen molar-refractivity contribution in [3.63, 3.8) is 0 Å². The predicted octanol–water partition coefficient (Wildman–Crippen LogP) is 2.90. The van der Waals surface area contributed by atoms with Gasteiger partial charge in [-0.05, 0) is 40.1 Å². The van der Waals surface area contributed by atoms with Gasteiger partial charge < -0.3 is 5.32 Å². The summed E-state index contributed by atoms with van der Waals surface area (Å²) < 4.78 is 1.49. The minimum absolute atomic E-state index is 0.128. The van der Waals surface area contributed by atoms with E-state index in [9.17, 15) is 4.79 Å². The molecule has 0 bridgehead atoms. The summed E-state index contributed by atoms with van der Waals surface area (Å²) >= 11 is 7.53. The Morgan fingerprint density at radius 1 is 1.27 bits per heavy atom. The standard InChI is InChI=1S/C15H13ClN4OS/c16-13-3-1-11(2-4-13)15(12-5-8-22-10-12)18-14(21)9-20-7-6-17-19-20/h1-8,10,15H,9H2,(H,18,21)/t15-/m1/s1. The molecule has 1 atom stereocenters. The van der Waals surface area contributed by atoms with Crippen LogP contribution in [-0.2, 0) is 11.3 Å². The summed E-state index contributed by atoms with van der Waals surface area (Å²) in [6.45, 7) is 0.133. The van der Waals surface area contributed by atoms with E-state index >= 15 is 0 Å². The third-order valence-electron chi connectivity index (χ3n) is 3.16. The average molecular weight is 333 g/mol. The van der Waals surface area contributed by atoms with Crippen LogP contribution in [0.5, 0.6) is 0 Å². The van der Waals surface area contributed by atoms with Gasteiger partial charge >= 0.3 is 0 Å². The van der Waals surface area contributed by atoms with Gasteiger partial charge in [-0.1, -0.05) is 28.9 Å². The molecule has 0 aliphatic heterocycles. The van der Waals surface area contributed by atoms with Gasteiger partial charge in [0, 0.05) is 11.2 Å². The Hall–Kier alpha value is -2.18. The van der Waals surface area contributed by atoms with Crippen LogP contribution in [0.2, 0.25) is 5.02 Å². The molecule has 0 unspecified atom stereocenters. The zero-order chi connectivity index (χ0) is 15.4. The van der Waals surface area contributed by atoms with Crippen LogP contribution in [0.1, 0.15) is 17.2 Å². The van der Waals surface area contributed by atoms with E-state index in [0.717, 1.165) is 11.1 Å². The van der Waals surface area contributed by atoms with Gasteiger partial charge in [-0.3, -0.25) is 4.79 Å². The Morgan fingerprint density at radius 2 is 2.09 bits per heavy atom. The molecule has 3 rings (SSSR count). The molecule has 5 nitrogen and oxygen atoms in total. The van der Waals surface area contributed by atoms with E-state index in [-0.39, 0.29) is 18.5 Å². The van der Waals surface area contributed by atoms with E-state index in [2.05, 4.69) is 15.6 Å². The lowest BCUT2D eigenvalue weighted by Gasteiger charge is -2.18. The Morgan fingerprint density at radius 3 is 2.73 bits per heavy atom. The number of aromatic nitrogens is 3. The third-order valence-corrected chi connectivity index (χ3v) is 4.12. The Balaban J connectivity index is 1.80. The van der Waals surface area contributed by atoms with Crippen LogP contribution in [0.3, 0.4) is 0 Å². The molecule has 112 valence electrons. The highest BCUT2D eigenvalue weighted by molar-refractivity contribution is 7.08. The van der Waals surface area contributed by atoms with Crippen molar-refractivity contribution in [1.82, 2.24) is 20.3 Å². The number of nitrogens with zero attached hydrogens (tertiary/aromatic N) is 3. The summed E-state index contributed by atoms with van der Waals surface area (Å²) in [6.07, 6.45) is 3.20. The molecule has 2 heterocycles. The number of rotatable bonds is 5. The summed E-state index contributed by atoms with van der Waals surface area (Å²) in [5.41, 5.74) is 2.02. The molecule has 1 amide bonds. The SMILES string of the molecule is O=C(Cn1ccnn1)N[C@H](c1ccc(Cl)cc1)c1ccsc1. The topological polar surface area (TPSA) is 59.8 Å². The highest BCUT2D eigenvalue weighted by atomic mass is 35.5. The van der Waals surface area contributed by atoms with Gasteiger partial charge in [0.2, 0.25) is 5.91 Å². The zero-order valence-electron chi connectivity index (χ0n) is 11.5. The molecule has 0 saturated carbocycles. The fraction of sp³-hybridized carbons (Fsp3) is 0.133. The molecule has 0 fully saturated rings. The molecule has 0 aliphatic carbocycles. The number of nitrogens with one attached hydrogen (secondary N) is 1. The molecule has 3 aromatic rings. The molecular formula is C15H13ClN4OS. The van der Waals surface area contributed by atoms with Gasteiger partial charge in [0.25, 0.3) is 0 Å².